The largest absolute Gasteiger partial charge is 0.445 e. The van der Waals surface area contributed by atoms with Crippen LogP contribution in [0.1, 0.15) is 17.9 Å². The molecule has 3 aromatic rings. The predicted molar refractivity (Wildman–Crippen MR) is 110 cm³/mol. The molecule has 0 saturated carbocycles. The lowest BCUT2D eigenvalue weighted by Crippen LogP contribution is -2.35. The van der Waals surface area contributed by atoms with Crippen molar-refractivity contribution in [2.24, 2.45) is 0 Å². The lowest BCUT2D eigenvalue weighted by molar-refractivity contribution is 0.0986. The standard InChI is InChI=1S/C22H24N4O3/c1-17-23-24-21(29-17)19-8-10-20(11-9-19)25-12-5-13-26(15-14-25)22(27)28-16-18-6-3-2-4-7-18/h2-4,6-11H,5,12-16H2,1H3. The average Bonchev–Trinajstić information content (AvgIpc) is 3.05. The molecule has 0 unspecified atom stereocenters. The van der Waals surface area contributed by atoms with Crippen LogP contribution < -0.4 is 4.90 Å². The Morgan fingerprint density at radius 2 is 1.79 bits per heavy atom. The number of ether oxygens (including phenoxy) is 1. The van der Waals surface area contributed by atoms with Crippen LogP contribution in [0.5, 0.6) is 0 Å². The van der Waals surface area contributed by atoms with Crippen LogP contribution in [-0.2, 0) is 11.3 Å². The summed E-state index contributed by atoms with van der Waals surface area (Å²) in [6, 6.07) is 17.8. The van der Waals surface area contributed by atoms with Crippen molar-refractivity contribution in [1.29, 1.82) is 0 Å². The maximum absolute atomic E-state index is 12.4. The molecule has 1 aliphatic rings. The topological polar surface area (TPSA) is 71.7 Å². The molecule has 4 rings (SSSR count). The Kier molecular flexibility index (Phi) is 5.74. The number of anilines is 1. The van der Waals surface area contributed by atoms with Gasteiger partial charge >= 0.3 is 6.09 Å². The highest BCUT2D eigenvalue weighted by Crippen LogP contribution is 2.23. The molecule has 2 aromatic carbocycles. The van der Waals surface area contributed by atoms with Crippen LogP contribution in [0.3, 0.4) is 0 Å². The van der Waals surface area contributed by atoms with E-state index in [-0.39, 0.29) is 6.09 Å². The minimum Gasteiger partial charge on any atom is -0.445 e. The quantitative estimate of drug-likeness (QED) is 0.671. The van der Waals surface area contributed by atoms with Crippen LogP contribution in [0.2, 0.25) is 0 Å². The number of nitrogens with zero attached hydrogens (tertiary/aromatic N) is 4. The summed E-state index contributed by atoms with van der Waals surface area (Å²) in [5, 5.41) is 7.92. The average molecular weight is 392 g/mol. The van der Waals surface area contributed by atoms with E-state index in [0.29, 0.717) is 31.5 Å². The molecule has 0 bridgehead atoms. The molecule has 2 heterocycles. The normalized spacial score (nSPS) is 14.5. The van der Waals surface area contributed by atoms with Crippen molar-refractivity contribution in [3.63, 3.8) is 0 Å². The Morgan fingerprint density at radius 1 is 1.00 bits per heavy atom. The highest BCUT2D eigenvalue weighted by Gasteiger charge is 2.20. The zero-order valence-electron chi connectivity index (χ0n) is 16.5. The number of hydrogen-bond acceptors (Lipinski definition) is 6. The Morgan fingerprint density at radius 3 is 2.52 bits per heavy atom. The van der Waals surface area contributed by atoms with Crippen molar-refractivity contribution in [3.8, 4) is 11.5 Å². The van der Waals surface area contributed by atoms with Gasteiger partial charge in [-0.2, -0.15) is 0 Å². The molecule has 150 valence electrons. The number of aromatic nitrogens is 2. The fraction of sp³-hybridized carbons (Fsp3) is 0.318. The van der Waals surface area contributed by atoms with Gasteiger partial charge < -0.3 is 19.0 Å². The van der Waals surface area contributed by atoms with Crippen molar-refractivity contribution in [3.05, 3.63) is 66.1 Å². The first kappa shape index (κ1) is 19.0. The minimum absolute atomic E-state index is 0.252. The molecule has 1 fully saturated rings. The SMILES string of the molecule is Cc1nnc(-c2ccc(N3CCCN(C(=O)OCc4ccccc4)CC3)cc2)o1. The van der Waals surface area contributed by atoms with Gasteiger partial charge in [-0.3, -0.25) is 0 Å². The second-order valence-corrected chi connectivity index (χ2v) is 7.04. The Hall–Kier alpha value is -3.35. The minimum atomic E-state index is -0.252. The van der Waals surface area contributed by atoms with Crippen LogP contribution in [-0.4, -0.2) is 47.4 Å². The van der Waals surface area contributed by atoms with Gasteiger partial charge in [0.1, 0.15) is 6.61 Å². The van der Waals surface area contributed by atoms with Gasteiger partial charge in [0.05, 0.1) is 0 Å². The monoisotopic (exact) mass is 392 g/mol. The molecule has 0 radical (unpaired) electrons. The molecule has 0 N–H and O–H groups in total. The number of carbonyl (C=O) groups excluding carboxylic acids is 1. The van der Waals surface area contributed by atoms with E-state index in [9.17, 15) is 4.79 Å². The van der Waals surface area contributed by atoms with Gasteiger partial charge in [-0.05, 0) is 36.2 Å². The fourth-order valence-corrected chi connectivity index (χ4v) is 3.40. The highest BCUT2D eigenvalue weighted by molar-refractivity contribution is 5.68. The van der Waals surface area contributed by atoms with Crippen molar-refractivity contribution in [2.45, 2.75) is 20.0 Å². The molecule has 29 heavy (non-hydrogen) atoms. The summed E-state index contributed by atoms with van der Waals surface area (Å²) in [5.41, 5.74) is 3.01. The lowest BCUT2D eigenvalue weighted by Gasteiger charge is -2.23. The molecule has 1 aromatic heterocycles. The van der Waals surface area contributed by atoms with Crippen molar-refractivity contribution in [1.82, 2.24) is 15.1 Å². The van der Waals surface area contributed by atoms with E-state index in [0.717, 1.165) is 36.3 Å². The van der Waals surface area contributed by atoms with Crippen molar-refractivity contribution in [2.75, 3.05) is 31.1 Å². The number of rotatable bonds is 4. The van der Waals surface area contributed by atoms with Gasteiger partial charge in [0.25, 0.3) is 0 Å². The van der Waals surface area contributed by atoms with Gasteiger partial charge in [-0.25, -0.2) is 4.79 Å². The highest BCUT2D eigenvalue weighted by atomic mass is 16.6. The molecule has 7 nitrogen and oxygen atoms in total. The molecule has 0 spiro atoms. The van der Waals surface area contributed by atoms with E-state index < -0.39 is 0 Å². The summed E-state index contributed by atoms with van der Waals surface area (Å²) in [4.78, 5) is 16.5. The number of hydrogen-bond donors (Lipinski definition) is 0. The summed E-state index contributed by atoms with van der Waals surface area (Å²) in [6.45, 7) is 5.07. The molecule has 0 aliphatic carbocycles. The number of carbonyl (C=O) groups is 1. The van der Waals surface area contributed by atoms with Crippen LogP contribution in [0.4, 0.5) is 10.5 Å². The first-order chi connectivity index (χ1) is 14.2. The van der Waals surface area contributed by atoms with E-state index in [2.05, 4.69) is 27.2 Å². The number of amides is 1. The Balaban J connectivity index is 1.33. The first-order valence-electron chi connectivity index (χ1n) is 9.80. The van der Waals surface area contributed by atoms with E-state index >= 15 is 0 Å². The van der Waals surface area contributed by atoms with Gasteiger partial charge in [-0.1, -0.05) is 30.3 Å². The zero-order valence-corrected chi connectivity index (χ0v) is 16.5. The van der Waals surface area contributed by atoms with E-state index in [1.165, 1.54) is 0 Å². The van der Waals surface area contributed by atoms with E-state index in [1.807, 2.05) is 42.5 Å². The number of benzene rings is 2. The Labute approximate surface area is 169 Å². The summed E-state index contributed by atoms with van der Waals surface area (Å²) < 4.78 is 11.0. The van der Waals surface area contributed by atoms with Crippen molar-refractivity contribution >= 4 is 11.8 Å². The third-order valence-electron chi connectivity index (χ3n) is 4.96. The van der Waals surface area contributed by atoms with E-state index in [4.69, 9.17) is 9.15 Å². The second-order valence-electron chi connectivity index (χ2n) is 7.04. The Bertz CT molecular complexity index is 940. The first-order valence-corrected chi connectivity index (χ1v) is 9.80. The van der Waals surface area contributed by atoms with Crippen LogP contribution in [0.25, 0.3) is 11.5 Å². The summed E-state index contributed by atoms with van der Waals surface area (Å²) in [5.74, 6) is 1.08. The summed E-state index contributed by atoms with van der Waals surface area (Å²) in [7, 11) is 0. The van der Waals surface area contributed by atoms with Gasteiger partial charge in [-0.15, -0.1) is 10.2 Å². The third-order valence-corrected chi connectivity index (χ3v) is 4.96. The van der Waals surface area contributed by atoms with Crippen LogP contribution in [0, 0.1) is 6.92 Å². The third kappa shape index (κ3) is 4.74. The smallest absolute Gasteiger partial charge is 0.410 e. The summed E-state index contributed by atoms with van der Waals surface area (Å²) in [6.07, 6.45) is 0.642. The molecule has 1 aliphatic heterocycles. The maximum atomic E-state index is 12.4. The van der Waals surface area contributed by atoms with Crippen LogP contribution >= 0.6 is 0 Å². The van der Waals surface area contributed by atoms with Gasteiger partial charge in [0.2, 0.25) is 11.8 Å². The molecule has 1 amide bonds. The molecule has 0 atom stereocenters. The molecule has 1 saturated heterocycles. The fourth-order valence-electron chi connectivity index (χ4n) is 3.40. The molecular formula is C22H24N4O3. The van der Waals surface area contributed by atoms with Crippen LogP contribution in [0.15, 0.2) is 59.0 Å². The van der Waals surface area contributed by atoms with Crippen molar-refractivity contribution < 1.29 is 13.9 Å². The zero-order chi connectivity index (χ0) is 20.1. The molecular weight excluding hydrogens is 368 g/mol. The van der Waals surface area contributed by atoms with E-state index in [1.54, 1.807) is 11.8 Å². The molecule has 7 heteroatoms. The number of aryl methyl sites for hydroxylation is 1. The second kappa shape index (κ2) is 8.77. The summed E-state index contributed by atoms with van der Waals surface area (Å²) >= 11 is 0. The van der Waals surface area contributed by atoms with Gasteiger partial charge in [0.15, 0.2) is 0 Å². The van der Waals surface area contributed by atoms with Gasteiger partial charge in [0, 0.05) is 44.4 Å². The predicted octanol–water partition coefficient (Wildman–Crippen LogP) is 3.89. The maximum Gasteiger partial charge on any atom is 0.410 e. The lowest BCUT2D eigenvalue weighted by atomic mass is 10.2.